The SMILES string of the molecule is COc1ccc(C(N)c2cc(C)ccc2Br)c(OC)c1Cl. The van der Waals surface area contributed by atoms with E-state index < -0.39 is 0 Å². The van der Waals surface area contributed by atoms with Gasteiger partial charge in [0.1, 0.15) is 16.5 Å². The number of aryl methyl sites for hydroxylation is 1. The number of hydrogen-bond donors (Lipinski definition) is 1. The summed E-state index contributed by atoms with van der Waals surface area (Å²) in [7, 11) is 3.14. The van der Waals surface area contributed by atoms with Gasteiger partial charge >= 0.3 is 0 Å². The molecule has 0 bridgehead atoms. The summed E-state index contributed by atoms with van der Waals surface area (Å²) in [6.07, 6.45) is 0. The Morgan fingerprint density at radius 2 is 1.81 bits per heavy atom. The molecule has 0 aliphatic carbocycles. The average molecular weight is 371 g/mol. The first-order chi connectivity index (χ1) is 9.99. The first kappa shape index (κ1) is 16.1. The van der Waals surface area contributed by atoms with Crippen LogP contribution in [0.15, 0.2) is 34.8 Å². The molecule has 0 fully saturated rings. The van der Waals surface area contributed by atoms with E-state index in [1.807, 2.05) is 31.2 Å². The van der Waals surface area contributed by atoms with E-state index >= 15 is 0 Å². The number of nitrogens with two attached hydrogens (primary N) is 1. The minimum atomic E-state index is -0.349. The number of methoxy groups -OCH3 is 2. The molecule has 112 valence electrons. The van der Waals surface area contributed by atoms with Gasteiger partial charge in [-0.3, -0.25) is 0 Å². The smallest absolute Gasteiger partial charge is 0.146 e. The van der Waals surface area contributed by atoms with Crippen molar-refractivity contribution >= 4 is 27.5 Å². The fourth-order valence-electron chi connectivity index (χ4n) is 2.23. The Balaban J connectivity index is 2.55. The van der Waals surface area contributed by atoms with Crippen molar-refractivity contribution < 1.29 is 9.47 Å². The quantitative estimate of drug-likeness (QED) is 0.863. The molecule has 2 aromatic rings. The fourth-order valence-corrected chi connectivity index (χ4v) is 3.05. The Kier molecular flexibility index (Phi) is 5.14. The van der Waals surface area contributed by atoms with Gasteiger partial charge in [0.05, 0.1) is 20.3 Å². The normalized spacial score (nSPS) is 12.1. The third-order valence-corrected chi connectivity index (χ3v) is 4.42. The molecule has 0 saturated heterocycles. The van der Waals surface area contributed by atoms with Crippen molar-refractivity contribution in [3.63, 3.8) is 0 Å². The average Bonchev–Trinajstić information content (AvgIpc) is 2.48. The van der Waals surface area contributed by atoms with Gasteiger partial charge in [-0.15, -0.1) is 0 Å². The van der Waals surface area contributed by atoms with Crippen LogP contribution in [0, 0.1) is 6.92 Å². The van der Waals surface area contributed by atoms with Crippen LogP contribution in [-0.2, 0) is 0 Å². The third kappa shape index (κ3) is 3.18. The predicted molar refractivity (Wildman–Crippen MR) is 89.5 cm³/mol. The molecule has 0 amide bonds. The summed E-state index contributed by atoms with van der Waals surface area (Å²) in [5.74, 6) is 1.10. The number of halogens is 2. The lowest BCUT2D eigenvalue weighted by Gasteiger charge is -2.20. The van der Waals surface area contributed by atoms with Crippen molar-refractivity contribution in [3.05, 3.63) is 56.5 Å². The molecule has 2 rings (SSSR count). The highest BCUT2D eigenvalue weighted by atomic mass is 79.9. The van der Waals surface area contributed by atoms with Crippen molar-refractivity contribution in [3.8, 4) is 11.5 Å². The van der Waals surface area contributed by atoms with Gasteiger partial charge in [-0.1, -0.05) is 45.2 Å². The topological polar surface area (TPSA) is 44.5 Å². The van der Waals surface area contributed by atoms with Crippen molar-refractivity contribution in [2.75, 3.05) is 14.2 Å². The van der Waals surface area contributed by atoms with Crippen LogP contribution in [-0.4, -0.2) is 14.2 Å². The van der Waals surface area contributed by atoms with Crippen LogP contribution in [0.1, 0.15) is 22.7 Å². The second kappa shape index (κ2) is 6.69. The minimum absolute atomic E-state index is 0.349. The molecular weight excluding hydrogens is 354 g/mol. The number of rotatable bonds is 4. The van der Waals surface area contributed by atoms with E-state index in [2.05, 4.69) is 15.9 Å². The fraction of sp³-hybridized carbons (Fsp3) is 0.250. The summed E-state index contributed by atoms with van der Waals surface area (Å²) in [4.78, 5) is 0. The van der Waals surface area contributed by atoms with Crippen LogP contribution < -0.4 is 15.2 Å². The maximum Gasteiger partial charge on any atom is 0.146 e. The second-order valence-corrected chi connectivity index (χ2v) is 5.94. The molecule has 1 atom stereocenters. The monoisotopic (exact) mass is 369 g/mol. The lowest BCUT2D eigenvalue weighted by Crippen LogP contribution is -2.14. The van der Waals surface area contributed by atoms with Gasteiger partial charge in [0, 0.05) is 10.0 Å². The second-order valence-electron chi connectivity index (χ2n) is 4.71. The molecule has 5 heteroatoms. The maximum atomic E-state index is 6.41. The van der Waals surface area contributed by atoms with Crippen LogP contribution >= 0.6 is 27.5 Å². The Morgan fingerprint density at radius 3 is 2.43 bits per heavy atom. The van der Waals surface area contributed by atoms with E-state index in [0.29, 0.717) is 16.5 Å². The van der Waals surface area contributed by atoms with Crippen LogP contribution in [0.25, 0.3) is 0 Å². The summed E-state index contributed by atoms with van der Waals surface area (Å²) in [6.45, 7) is 2.03. The van der Waals surface area contributed by atoms with Gasteiger partial charge in [-0.2, -0.15) is 0 Å². The van der Waals surface area contributed by atoms with Gasteiger partial charge in [-0.25, -0.2) is 0 Å². The standard InChI is InChI=1S/C16H17BrClNO2/c1-9-4-6-12(17)11(8-9)15(19)10-5-7-13(20-2)14(18)16(10)21-3/h4-8,15H,19H2,1-3H3. The van der Waals surface area contributed by atoms with Gasteiger partial charge < -0.3 is 15.2 Å². The van der Waals surface area contributed by atoms with Crippen molar-refractivity contribution in [2.45, 2.75) is 13.0 Å². The summed E-state index contributed by atoms with van der Waals surface area (Å²) < 4.78 is 11.6. The van der Waals surface area contributed by atoms with Crippen molar-refractivity contribution in [2.24, 2.45) is 5.73 Å². The molecule has 0 heterocycles. The molecule has 2 N–H and O–H groups in total. The molecule has 21 heavy (non-hydrogen) atoms. The zero-order valence-corrected chi connectivity index (χ0v) is 14.5. The van der Waals surface area contributed by atoms with Gasteiger partial charge in [0.25, 0.3) is 0 Å². The molecule has 1 unspecified atom stereocenters. The number of hydrogen-bond acceptors (Lipinski definition) is 3. The van der Waals surface area contributed by atoms with E-state index in [-0.39, 0.29) is 6.04 Å². The van der Waals surface area contributed by atoms with Crippen LogP contribution in [0.5, 0.6) is 11.5 Å². The maximum absolute atomic E-state index is 6.41. The highest BCUT2D eigenvalue weighted by molar-refractivity contribution is 9.10. The number of benzene rings is 2. The molecule has 0 aromatic heterocycles. The largest absolute Gasteiger partial charge is 0.495 e. The van der Waals surface area contributed by atoms with Crippen LogP contribution in [0.2, 0.25) is 5.02 Å². The molecular formula is C16H17BrClNO2. The Bertz CT molecular complexity index is 661. The van der Waals surface area contributed by atoms with Gasteiger partial charge in [-0.05, 0) is 30.7 Å². The molecule has 0 aliphatic rings. The molecule has 0 spiro atoms. The Hall–Kier alpha value is -1.23. The van der Waals surface area contributed by atoms with Crippen LogP contribution in [0.4, 0.5) is 0 Å². The highest BCUT2D eigenvalue weighted by Crippen LogP contribution is 2.41. The Labute approximate surface area is 138 Å². The molecule has 3 nitrogen and oxygen atoms in total. The summed E-state index contributed by atoms with van der Waals surface area (Å²) in [5.41, 5.74) is 9.35. The molecule has 0 saturated carbocycles. The zero-order chi connectivity index (χ0) is 15.6. The lowest BCUT2D eigenvalue weighted by molar-refractivity contribution is 0.390. The van der Waals surface area contributed by atoms with E-state index in [0.717, 1.165) is 21.2 Å². The van der Waals surface area contributed by atoms with E-state index in [4.69, 9.17) is 26.8 Å². The summed E-state index contributed by atoms with van der Waals surface area (Å²) in [5, 5.41) is 0.428. The predicted octanol–water partition coefficient (Wildman–Crippen LogP) is 4.48. The summed E-state index contributed by atoms with van der Waals surface area (Å²) >= 11 is 9.84. The molecule has 2 aromatic carbocycles. The highest BCUT2D eigenvalue weighted by Gasteiger charge is 2.20. The zero-order valence-electron chi connectivity index (χ0n) is 12.1. The van der Waals surface area contributed by atoms with Crippen molar-refractivity contribution in [1.29, 1.82) is 0 Å². The first-order valence-corrected chi connectivity index (χ1v) is 7.58. The van der Waals surface area contributed by atoms with Crippen LogP contribution in [0.3, 0.4) is 0 Å². The van der Waals surface area contributed by atoms with Gasteiger partial charge in [0.15, 0.2) is 0 Å². The van der Waals surface area contributed by atoms with Gasteiger partial charge in [0.2, 0.25) is 0 Å². The first-order valence-electron chi connectivity index (χ1n) is 6.41. The number of ether oxygens (including phenoxy) is 2. The van der Waals surface area contributed by atoms with Crippen molar-refractivity contribution in [1.82, 2.24) is 0 Å². The molecule has 0 aliphatic heterocycles. The van der Waals surface area contributed by atoms with E-state index in [9.17, 15) is 0 Å². The molecule has 0 radical (unpaired) electrons. The van der Waals surface area contributed by atoms with E-state index in [1.165, 1.54) is 0 Å². The Morgan fingerprint density at radius 1 is 1.10 bits per heavy atom. The van der Waals surface area contributed by atoms with E-state index in [1.54, 1.807) is 20.3 Å². The minimum Gasteiger partial charge on any atom is -0.495 e. The summed E-state index contributed by atoms with van der Waals surface area (Å²) in [6, 6.07) is 9.39. The third-order valence-electron chi connectivity index (χ3n) is 3.34. The lowest BCUT2D eigenvalue weighted by atomic mass is 9.97.